The summed E-state index contributed by atoms with van der Waals surface area (Å²) in [6.07, 6.45) is 2.43. The van der Waals surface area contributed by atoms with Gasteiger partial charge < -0.3 is 9.64 Å². The van der Waals surface area contributed by atoms with Crippen molar-refractivity contribution in [1.29, 1.82) is 5.26 Å². The highest BCUT2D eigenvalue weighted by molar-refractivity contribution is 8.26. The first-order valence-corrected chi connectivity index (χ1v) is 12.3. The summed E-state index contributed by atoms with van der Waals surface area (Å²) in [4.78, 5) is 30.2. The summed E-state index contributed by atoms with van der Waals surface area (Å²) in [6, 6.07) is 9.76. The van der Waals surface area contributed by atoms with E-state index in [0.29, 0.717) is 52.2 Å². The Morgan fingerprint density at radius 3 is 2.41 bits per heavy atom. The Labute approximate surface area is 209 Å². The number of ether oxygens (including phenoxy) is 1. The van der Waals surface area contributed by atoms with E-state index < -0.39 is 0 Å². The maximum absolute atomic E-state index is 13.3. The maximum Gasteiger partial charge on any atom is 0.270 e. The number of methoxy groups -OCH3 is 1. The average molecular weight is 497 g/mol. The van der Waals surface area contributed by atoms with Gasteiger partial charge in [0.2, 0.25) is 0 Å². The lowest BCUT2D eigenvalue weighted by Crippen LogP contribution is -2.33. The molecule has 1 saturated heterocycles. The number of thioether (sulfide) groups is 1. The highest BCUT2D eigenvalue weighted by Crippen LogP contribution is 2.35. The predicted molar refractivity (Wildman–Crippen MR) is 141 cm³/mol. The van der Waals surface area contributed by atoms with Gasteiger partial charge in [0, 0.05) is 32.2 Å². The molecule has 1 aliphatic heterocycles. The first-order chi connectivity index (χ1) is 16.3. The summed E-state index contributed by atoms with van der Waals surface area (Å²) in [6.45, 7) is 7.58. The van der Waals surface area contributed by atoms with E-state index in [0.717, 1.165) is 11.3 Å². The van der Waals surface area contributed by atoms with Crippen LogP contribution in [0.3, 0.4) is 0 Å². The molecule has 0 atom stereocenters. The second kappa shape index (κ2) is 10.9. The summed E-state index contributed by atoms with van der Waals surface area (Å²) in [5.41, 5.74) is 2.08. The van der Waals surface area contributed by atoms with E-state index in [-0.39, 0.29) is 17.0 Å². The number of hydrogen-bond acceptors (Lipinski definition) is 7. The SMILES string of the molecule is CCN(CC)c1c(/C=C2\SC(=S)N(CCc3ccc(OC)cc3)C2=O)c(C)c(C#N)c(=O)n1C. The molecule has 1 fully saturated rings. The molecule has 0 radical (unpaired) electrons. The Kier molecular flexibility index (Phi) is 8.18. The van der Waals surface area contributed by atoms with Crippen molar-refractivity contribution in [3.63, 3.8) is 0 Å². The number of thiocarbonyl (C=S) groups is 1. The van der Waals surface area contributed by atoms with Crippen LogP contribution in [0.5, 0.6) is 5.75 Å². The van der Waals surface area contributed by atoms with Gasteiger partial charge in [-0.3, -0.25) is 19.1 Å². The van der Waals surface area contributed by atoms with Gasteiger partial charge in [-0.15, -0.1) is 0 Å². The molecule has 7 nitrogen and oxygen atoms in total. The Morgan fingerprint density at radius 2 is 1.85 bits per heavy atom. The molecule has 0 saturated carbocycles. The number of aromatic nitrogens is 1. The zero-order chi connectivity index (χ0) is 25.0. The zero-order valence-corrected chi connectivity index (χ0v) is 21.7. The van der Waals surface area contributed by atoms with Crippen molar-refractivity contribution in [2.24, 2.45) is 7.05 Å². The molecule has 1 amide bonds. The third-order valence-electron chi connectivity index (χ3n) is 5.96. The number of carbonyl (C=O) groups excluding carboxylic acids is 1. The van der Waals surface area contributed by atoms with Gasteiger partial charge in [0.25, 0.3) is 11.5 Å². The highest BCUT2D eigenvalue weighted by Gasteiger charge is 2.32. The van der Waals surface area contributed by atoms with E-state index in [9.17, 15) is 14.9 Å². The van der Waals surface area contributed by atoms with Crippen LogP contribution in [0.25, 0.3) is 6.08 Å². The third kappa shape index (κ3) is 4.88. The summed E-state index contributed by atoms with van der Waals surface area (Å²) in [5.74, 6) is 1.31. The minimum atomic E-state index is -0.342. The van der Waals surface area contributed by atoms with Gasteiger partial charge >= 0.3 is 0 Å². The molecular weight excluding hydrogens is 468 g/mol. The number of amides is 1. The smallest absolute Gasteiger partial charge is 0.270 e. The summed E-state index contributed by atoms with van der Waals surface area (Å²) >= 11 is 6.76. The number of nitrogens with zero attached hydrogens (tertiary/aromatic N) is 4. The molecule has 9 heteroatoms. The quantitative estimate of drug-likeness (QED) is 0.406. The number of benzene rings is 1. The van der Waals surface area contributed by atoms with Crippen molar-refractivity contribution in [1.82, 2.24) is 9.47 Å². The van der Waals surface area contributed by atoms with Crippen LogP contribution in [0.2, 0.25) is 0 Å². The van der Waals surface area contributed by atoms with Crippen LogP contribution >= 0.6 is 24.0 Å². The topological polar surface area (TPSA) is 78.6 Å². The standard InChI is InChI=1S/C25H28N4O3S2/c1-6-28(7-2)22-19(16(3)20(15-26)23(30)27(22)4)14-21-24(31)29(25(33)34-21)13-12-17-8-10-18(32-5)11-9-17/h8-11,14H,6-7,12-13H2,1-5H3/b21-14-. The zero-order valence-electron chi connectivity index (χ0n) is 20.0. The Hall–Kier alpha value is -3.09. The van der Waals surface area contributed by atoms with Gasteiger partial charge in [0.1, 0.15) is 27.5 Å². The van der Waals surface area contributed by atoms with Crippen LogP contribution in [-0.4, -0.2) is 46.4 Å². The third-order valence-corrected chi connectivity index (χ3v) is 7.34. The first-order valence-electron chi connectivity index (χ1n) is 11.0. The van der Waals surface area contributed by atoms with E-state index in [2.05, 4.69) is 0 Å². The Bertz CT molecular complexity index is 1240. The van der Waals surface area contributed by atoms with Crippen LogP contribution in [0.1, 0.15) is 36.1 Å². The van der Waals surface area contributed by atoms with Crippen LogP contribution in [-0.2, 0) is 18.3 Å². The van der Waals surface area contributed by atoms with Gasteiger partial charge in [0.15, 0.2) is 0 Å². The molecule has 2 aromatic rings. The van der Waals surface area contributed by atoms with Crippen molar-refractivity contribution < 1.29 is 9.53 Å². The van der Waals surface area contributed by atoms with E-state index in [4.69, 9.17) is 17.0 Å². The Balaban J connectivity index is 1.97. The predicted octanol–water partition coefficient (Wildman–Crippen LogP) is 3.86. The molecule has 34 heavy (non-hydrogen) atoms. The van der Waals surface area contributed by atoms with Crippen LogP contribution < -0.4 is 15.2 Å². The van der Waals surface area contributed by atoms with Crippen molar-refractivity contribution in [3.05, 3.63) is 61.8 Å². The van der Waals surface area contributed by atoms with Crippen LogP contribution in [0.4, 0.5) is 5.82 Å². The fourth-order valence-corrected chi connectivity index (χ4v) is 5.26. The average Bonchev–Trinajstić information content (AvgIpc) is 3.11. The lowest BCUT2D eigenvalue weighted by molar-refractivity contribution is -0.122. The van der Waals surface area contributed by atoms with Crippen molar-refractivity contribution in [3.8, 4) is 11.8 Å². The number of hydrogen-bond donors (Lipinski definition) is 0. The second-order valence-corrected chi connectivity index (χ2v) is 9.49. The van der Waals surface area contributed by atoms with Gasteiger partial charge in [-0.1, -0.05) is 36.1 Å². The molecule has 3 rings (SSSR count). The number of carbonyl (C=O) groups is 1. The minimum absolute atomic E-state index is 0.0830. The fourth-order valence-electron chi connectivity index (χ4n) is 3.97. The number of anilines is 1. The summed E-state index contributed by atoms with van der Waals surface area (Å²) in [7, 11) is 3.28. The normalized spacial score (nSPS) is 14.6. The minimum Gasteiger partial charge on any atom is -0.497 e. The van der Waals surface area contributed by atoms with Crippen molar-refractivity contribution in [2.75, 3.05) is 31.6 Å². The largest absolute Gasteiger partial charge is 0.497 e. The number of pyridine rings is 1. The molecule has 0 spiro atoms. The van der Waals surface area contributed by atoms with Gasteiger partial charge in [-0.05, 0) is 56.5 Å². The van der Waals surface area contributed by atoms with Crippen molar-refractivity contribution in [2.45, 2.75) is 27.2 Å². The number of nitriles is 1. The molecule has 1 aromatic carbocycles. The molecule has 0 unspecified atom stereocenters. The highest BCUT2D eigenvalue weighted by atomic mass is 32.2. The Morgan fingerprint density at radius 1 is 1.21 bits per heavy atom. The van der Waals surface area contributed by atoms with Gasteiger partial charge in [-0.2, -0.15) is 5.26 Å². The second-order valence-electron chi connectivity index (χ2n) is 7.82. The van der Waals surface area contributed by atoms with Crippen molar-refractivity contribution >= 4 is 46.1 Å². The lowest BCUT2D eigenvalue weighted by atomic mass is 10.0. The molecular formula is C25H28N4O3S2. The molecule has 0 aliphatic carbocycles. The first kappa shape index (κ1) is 25.5. The number of rotatable bonds is 8. The van der Waals surface area contributed by atoms with E-state index >= 15 is 0 Å². The molecule has 1 aromatic heterocycles. The molecule has 0 N–H and O–H groups in total. The van der Waals surface area contributed by atoms with E-state index in [1.165, 1.54) is 16.3 Å². The fraction of sp³-hybridized carbons (Fsp3) is 0.360. The summed E-state index contributed by atoms with van der Waals surface area (Å²) in [5, 5.41) is 9.59. The monoisotopic (exact) mass is 496 g/mol. The molecule has 0 bridgehead atoms. The van der Waals surface area contributed by atoms with E-state index in [1.54, 1.807) is 32.1 Å². The van der Waals surface area contributed by atoms with Crippen LogP contribution in [0, 0.1) is 18.3 Å². The molecule has 178 valence electrons. The molecule has 2 heterocycles. The van der Waals surface area contributed by atoms with Gasteiger partial charge in [0.05, 0.1) is 12.0 Å². The maximum atomic E-state index is 13.3. The van der Waals surface area contributed by atoms with Crippen LogP contribution in [0.15, 0.2) is 34.0 Å². The summed E-state index contributed by atoms with van der Waals surface area (Å²) < 4.78 is 7.19. The molecule has 1 aliphatic rings. The lowest BCUT2D eigenvalue weighted by Gasteiger charge is -2.27. The van der Waals surface area contributed by atoms with E-state index in [1.807, 2.05) is 49.1 Å². The van der Waals surface area contributed by atoms with Gasteiger partial charge in [-0.25, -0.2) is 0 Å².